The SMILES string of the molecule is Nc1ccc(-c2nc(C(=O)NCc3ccccc3F)co2)cc1. The molecule has 0 aliphatic rings. The number of rotatable bonds is 4. The number of hydrogen-bond acceptors (Lipinski definition) is 4. The van der Waals surface area contributed by atoms with Crippen LogP contribution < -0.4 is 11.1 Å². The standard InChI is InChI=1S/C17H14FN3O2/c18-14-4-2-1-3-12(14)9-20-16(22)15-10-23-17(21-15)11-5-7-13(19)8-6-11/h1-8,10H,9,19H2,(H,20,22). The van der Waals surface area contributed by atoms with Gasteiger partial charge in [-0.05, 0) is 30.3 Å². The van der Waals surface area contributed by atoms with Gasteiger partial charge in [-0.15, -0.1) is 0 Å². The second-order valence-corrected chi connectivity index (χ2v) is 4.93. The highest BCUT2D eigenvalue weighted by molar-refractivity contribution is 5.92. The summed E-state index contributed by atoms with van der Waals surface area (Å²) in [6.07, 6.45) is 1.27. The zero-order valence-corrected chi connectivity index (χ0v) is 12.1. The molecule has 1 heterocycles. The minimum Gasteiger partial charge on any atom is -0.444 e. The van der Waals surface area contributed by atoms with Crippen LogP contribution in [0.3, 0.4) is 0 Å². The number of nitrogen functional groups attached to an aromatic ring is 1. The van der Waals surface area contributed by atoms with Crippen LogP contribution in [0.15, 0.2) is 59.2 Å². The van der Waals surface area contributed by atoms with Crippen molar-refractivity contribution < 1.29 is 13.6 Å². The van der Waals surface area contributed by atoms with Crippen molar-refractivity contribution >= 4 is 11.6 Å². The van der Waals surface area contributed by atoms with Gasteiger partial charge in [0.25, 0.3) is 5.91 Å². The van der Waals surface area contributed by atoms with Crippen molar-refractivity contribution in [2.24, 2.45) is 0 Å². The Morgan fingerprint density at radius 2 is 1.91 bits per heavy atom. The maximum atomic E-state index is 13.5. The lowest BCUT2D eigenvalue weighted by Gasteiger charge is -2.04. The zero-order valence-electron chi connectivity index (χ0n) is 12.1. The molecule has 6 heteroatoms. The van der Waals surface area contributed by atoms with Crippen LogP contribution in [0.1, 0.15) is 16.1 Å². The molecule has 23 heavy (non-hydrogen) atoms. The molecule has 0 saturated heterocycles. The smallest absolute Gasteiger partial charge is 0.273 e. The Hall–Kier alpha value is -3.15. The van der Waals surface area contributed by atoms with Gasteiger partial charge in [0.15, 0.2) is 5.69 Å². The van der Waals surface area contributed by atoms with Gasteiger partial charge >= 0.3 is 0 Å². The molecule has 3 N–H and O–H groups in total. The highest BCUT2D eigenvalue weighted by Gasteiger charge is 2.13. The Bertz CT molecular complexity index is 828. The molecule has 2 aromatic carbocycles. The number of hydrogen-bond donors (Lipinski definition) is 2. The van der Waals surface area contributed by atoms with Gasteiger partial charge in [0.05, 0.1) is 0 Å². The summed E-state index contributed by atoms with van der Waals surface area (Å²) in [6.45, 7) is 0.0789. The molecule has 3 rings (SSSR count). The van der Waals surface area contributed by atoms with E-state index in [-0.39, 0.29) is 18.1 Å². The number of carbonyl (C=O) groups is 1. The number of halogens is 1. The average molecular weight is 311 g/mol. The summed E-state index contributed by atoms with van der Waals surface area (Å²) >= 11 is 0. The van der Waals surface area contributed by atoms with Crippen LogP contribution in [-0.4, -0.2) is 10.9 Å². The van der Waals surface area contributed by atoms with Gasteiger partial charge in [0.1, 0.15) is 12.1 Å². The van der Waals surface area contributed by atoms with Crippen molar-refractivity contribution in [2.75, 3.05) is 5.73 Å². The van der Waals surface area contributed by atoms with E-state index in [1.54, 1.807) is 42.5 Å². The van der Waals surface area contributed by atoms with E-state index < -0.39 is 5.91 Å². The summed E-state index contributed by atoms with van der Waals surface area (Å²) in [6, 6.07) is 13.2. The third-order valence-corrected chi connectivity index (χ3v) is 3.29. The van der Waals surface area contributed by atoms with Gasteiger partial charge in [-0.3, -0.25) is 4.79 Å². The first kappa shape index (κ1) is 14.8. The molecular formula is C17H14FN3O2. The third kappa shape index (κ3) is 3.37. The highest BCUT2D eigenvalue weighted by atomic mass is 19.1. The summed E-state index contributed by atoms with van der Waals surface area (Å²) < 4.78 is 18.8. The van der Waals surface area contributed by atoms with Crippen LogP contribution in [0.2, 0.25) is 0 Å². The molecule has 1 amide bonds. The summed E-state index contributed by atoms with van der Waals surface area (Å²) in [7, 11) is 0. The lowest BCUT2D eigenvalue weighted by Crippen LogP contribution is -2.23. The minimum atomic E-state index is -0.432. The van der Waals surface area contributed by atoms with Crippen LogP contribution in [0.25, 0.3) is 11.5 Å². The van der Waals surface area contributed by atoms with Crippen molar-refractivity contribution in [2.45, 2.75) is 6.54 Å². The fourth-order valence-corrected chi connectivity index (χ4v) is 2.04. The summed E-state index contributed by atoms with van der Waals surface area (Å²) in [4.78, 5) is 16.2. The van der Waals surface area contributed by atoms with Crippen LogP contribution in [0, 0.1) is 5.82 Å². The quantitative estimate of drug-likeness (QED) is 0.726. The van der Waals surface area contributed by atoms with E-state index in [9.17, 15) is 9.18 Å². The first-order chi connectivity index (χ1) is 11.1. The van der Waals surface area contributed by atoms with Gasteiger partial charge in [-0.2, -0.15) is 0 Å². The second-order valence-electron chi connectivity index (χ2n) is 4.93. The molecule has 0 radical (unpaired) electrons. The maximum Gasteiger partial charge on any atom is 0.273 e. The molecular weight excluding hydrogens is 297 g/mol. The van der Waals surface area contributed by atoms with E-state index in [1.807, 2.05) is 0 Å². The predicted molar refractivity (Wildman–Crippen MR) is 83.9 cm³/mol. The number of aromatic nitrogens is 1. The number of nitrogens with one attached hydrogen (secondary N) is 1. The Kier molecular flexibility index (Phi) is 4.05. The normalized spacial score (nSPS) is 10.5. The van der Waals surface area contributed by atoms with Gasteiger partial charge in [-0.1, -0.05) is 18.2 Å². The molecule has 5 nitrogen and oxygen atoms in total. The summed E-state index contributed by atoms with van der Waals surface area (Å²) in [5.41, 5.74) is 7.50. The van der Waals surface area contributed by atoms with Crippen molar-refractivity contribution in [1.29, 1.82) is 0 Å². The molecule has 0 aliphatic heterocycles. The molecule has 0 bridgehead atoms. The van der Waals surface area contributed by atoms with Gasteiger partial charge in [-0.25, -0.2) is 9.37 Å². The minimum absolute atomic E-state index is 0.0789. The van der Waals surface area contributed by atoms with E-state index in [4.69, 9.17) is 10.2 Å². The van der Waals surface area contributed by atoms with Crippen LogP contribution >= 0.6 is 0 Å². The topological polar surface area (TPSA) is 81.1 Å². The summed E-state index contributed by atoms with van der Waals surface area (Å²) in [5.74, 6) is -0.477. The van der Waals surface area contributed by atoms with Gasteiger partial charge in [0, 0.05) is 23.4 Å². The van der Waals surface area contributed by atoms with Crippen LogP contribution in [0.5, 0.6) is 0 Å². The molecule has 0 fully saturated rings. The Morgan fingerprint density at radius 3 is 2.65 bits per heavy atom. The molecule has 0 aliphatic carbocycles. The number of amides is 1. The highest BCUT2D eigenvalue weighted by Crippen LogP contribution is 2.19. The van der Waals surface area contributed by atoms with Crippen molar-refractivity contribution in [1.82, 2.24) is 10.3 Å². The molecule has 0 spiro atoms. The average Bonchev–Trinajstić information content (AvgIpc) is 3.04. The largest absolute Gasteiger partial charge is 0.444 e. The van der Waals surface area contributed by atoms with Gasteiger partial charge < -0.3 is 15.5 Å². The molecule has 0 saturated carbocycles. The van der Waals surface area contributed by atoms with E-state index in [2.05, 4.69) is 10.3 Å². The van der Waals surface area contributed by atoms with Crippen LogP contribution in [0.4, 0.5) is 10.1 Å². The maximum absolute atomic E-state index is 13.5. The molecule has 1 aromatic heterocycles. The lowest BCUT2D eigenvalue weighted by molar-refractivity contribution is 0.0945. The molecule has 116 valence electrons. The number of anilines is 1. The van der Waals surface area contributed by atoms with Crippen molar-refractivity contribution in [3.05, 3.63) is 71.9 Å². The third-order valence-electron chi connectivity index (χ3n) is 3.29. The number of benzene rings is 2. The van der Waals surface area contributed by atoms with Crippen LogP contribution in [-0.2, 0) is 6.54 Å². The molecule has 3 aromatic rings. The van der Waals surface area contributed by atoms with Crippen molar-refractivity contribution in [3.63, 3.8) is 0 Å². The van der Waals surface area contributed by atoms with Gasteiger partial charge in [0.2, 0.25) is 5.89 Å². The first-order valence-electron chi connectivity index (χ1n) is 6.96. The molecule has 0 atom stereocenters. The zero-order chi connectivity index (χ0) is 16.2. The number of nitrogens with two attached hydrogens (primary N) is 1. The van der Waals surface area contributed by atoms with E-state index in [0.29, 0.717) is 22.7 Å². The Balaban J connectivity index is 1.69. The number of oxazole rings is 1. The van der Waals surface area contributed by atoms with E-state index in [0.717, 1.165) is 0 Å². The lowest BCUT2D eigenvalue weighted by atomic mass is 10.2. The van der Waals surface area contributed by atoms with E-state index in [1.165, 1.54) is 12.3 Å². The second kappa shape index (κ2) is 6.31. The monoisotopic (exact) mass is 311 g/mol. The Labute approximate surface area is 132 Å². The molecule has 0 unspecified atom stereocenters. The summed E-state index contributed by atoms with van der Waals surface area (Å²) in [5, 5.41) is 2.61. The van der Waals surface area contributed by atoms with E-state index >= 15 is 0 Å². The van der Waals surface area contributed by atoms with Crippen molar-refractivity contribution in [3.8, 4) is 11.5 Å². The fraction of sp³-hybridized carbons (Fsp3) is 0.0588. The number of carbonyl (C=O) groups excluding carboxylic acids is 1. The predicted octanol–water partition coefficient (Wildman–Crippen LogP) is 2.99. The fourth-order valence-electron chi connectivity index (χ4n) is 2.04. The Morgan fingerprint density at radius 1 is 1.17 bits per heavy atom. The first-order valence-corrected chi connectivity index (χ1v) is 6.96. The number of nitrogens with zero attached hydrogens (tertiary/aromatic N) is 1.